The third-order valence-corrected chi connectivity index (χ3v) is 0. The Kier molecular flexibility index (Phi) is 71.4. The van der Waals surface area contributed by atoms with E-state index < -0.39 is 29.8 Å². The Bertz CT molecular complexity index is 216. The fourth-order valence-corrected chi connectivity index (χ4v) is 0. The van der Waals surface area contributed by atoms with Crippen molar-refractivity contribution in [3.63, 3.8) is 0 Å². The zero-order chi connectivity index (χ0) is 17.9. The van der Waals surface area contributed by atoms with E-state index in [1.54, 1.807) is 0 Å². The Morgan fingerprint density at radius 1 is 0.455 bits per heavy atom. The molecule has 0 saturated carbocycles. The van der Waals surface area contributed by atoms with E-state index in [0.29, 0.717) is 0 Å². The summed E-state index contributed by atoms with van der Waals surface area (Å²) in [7, 11) is 0. The van der Waals surface area contributed by atoms with Crippen LogP contribution in [-0.4, -0.2) is 70.3 Å². The smallest absolute Gasteiger partial charge is 0.550 e. The fraction of sp³-hybridized carbons (Fsp3) is 0.500. The van der Waals surface area contributed by atoms with Gasteiger partial charge in [-0.1, -0.05) is 0 Å². The van der Waals surface area contributed by atoms with Crippen LogP contribution in [0.2, 0.25) is 0 Å². The van der Waals surface area contributed by atoms with E-state index in [1.165, 1.54) is 0 Å². The zero-order valence-electron chi connectivity index (χ0n) is 12.9. The molecule has 0 aromatic heterocycles. The van der Waals surface area contributed by atoms with Crippen LogP contribution in [0.4, 0.5) is 0 Å². The maximum absolute atomic E-state index is 8.89. The first-order valence-electron chi connectivity index (χ1n) is 4.54. The second-order valence-corrected chi connectivity index (χ2v) is 2.46. The molecule has 0 unspecified atom stereocenters. The van der Waals surface area contributed by atoms with Gasteiger partial charge in [0.1, 0.15) is 0 Å². The van der Waals surface area contributed by atoms with Gasteiger partial charge in [0.25, 0.3) is 0 Å². The van der Waals surface area contributed by atoms with E-state index in [4.69, 9.17) is 49.5 Å². The van der Waals surface area contributed by atoms with E-state index in [9.17, 15) is 0 Å². The van der Waals surface area contributed by atoms with Crippen LogP contribution in [0, 0.1) is 0 Å². The molecule has 0 aliphatic rings. The first-order valence-corrected chi connectivity index (χ1v) is 4.54. The zero-order valence-corrected chi connectivity index (χ0v) is 15.4. The Labute approximate surface area is 154 Å². The standard InChI is InChI=1S/5C2H4O2.Al.Mg/c5*1-2(3)4;;/h5*1H3,(H,3,4);;/q;;;;;+3;+2/p-5. The summed E-state index contributed by atoms with van der Waals surface area (Å²) in [5.41, 5.74) is 0. The molecule has 0 saturated heterocycles. The van der Waals surface area contributed by atoms with Crippen molar-refractivity contribution in [2.75, 3.05) is 0 Å². The molecule has 0 radical (unpaired) electrons. The summed E-state index contributed by atoms with van der Waals surface area (Å²) in [6.45, 7) is 4.86. The van der Waals surface area contributed by atoms with Gasteiger partial charge in [-0.2, -0.15) is 0 Å². The van der Waals surface area contributed by atoms with Crippen molar-refractivity contribution in [2.24, 2.45) is 0 Å². The van der Waals surface area contributed by atoms with Crippen molar-refractivity contribution in [3.05, 3.63) is 0 Å². The van der Waals surface area contributed by atoms with E-state index in [2.05, 4.69) is 0 Å². The molecule has 0 heterocycles. The summed E-state index contributed by atoms with van der Waals surface area (Å²) in [6, 6.07) is 0. The predicted molar refractivity (Wildman–Crippen MR) is 64.9 cm³/mol. The van der Waals surface area contributed by atoms with Gasteiger partial charge in [0, 0.05) is 29.8 Å². The third-order valence-electron chi connectivity index (χ3n) is 0. The number of rotatable bonds is 0. The summed E-state index contributed by atoms with van der Waals surface area (Å²) in [4.78, 5) is 44.4. The first kappa shape index (κ1) is 42.8. The molecular formula is C10H15AlMgO10. The third kappa shape index (κ3) is 3180. The minimum atomic E-state index is -1.08. The number of carboxylic acid groups (broad SMARTS) is 5. The van der Waals surface area contributed by atoms with Gasteiger partial charge in [-0.25, -0.2) is 0 Å². The van der Waals surface area contributed by atoms with Crippen molar-refractivity contribution in [1.82, 2.24) is 0 Å². The number of aliphatic carboxylic acids is 5. The normalized spacial score (nSPS) is 5.68. The Morgan fingerprint density at radius 2 is 0.455 bits per heavy atom. The van der Waals surface area contributed by atoms with E-state index in [0.717, 1.165) is 34.6 Å². The molecule has 0 aromatic rings. The molecule has 0 N–H and O–H groups in total. The van der Waals surface area contributed by atoms with Gasteiger partial charge in [0.2, 0.25) is 0 Å². The van der Waals surface area contributed by atoms with Gasteiger partial charge in [-0.3, -0.25) is 0 Å². The van der Waals surface area contributed by atoms with Gasteiger partial charge in [0.15, 0.2) is 0 Å². The van der Waals surface area contributed by atoms with Crippen molar-refractivity contribution in [2.45, 2.75) is 34.6 Å². The van der Waals surface area contributed by atoms with Gasteiger partial charge in [-0.05, 0) is 34.6 Å². The van der Waals surface area contributed by atoms with Gasteiger partial charge in [0.05, 0.1) is 0 Å². The van der Waals surface area contributed by atoms with Crippen LogP contribution in [-0.2, 0) is 24.0 Å². The van der Waals surface area contributed by atoms with Gasteiger partial charge < -0.3 is 49.5 Å². The SMILES string of the molecule is CC(=O)[O-].CC(=O)[O-].CC(=O)[O-].CC(=O)[O-].CC(=O)[O-].[Al+3].[Mg+2]. The van der Waals surface area contributed by atoms with Crippen LogP contribution in [0.1, 0.15) is 34.6 Å². The predicted octanol–water partition coefficient (Wildman–Crippen LogP) is -6.98. The van der Waals surface area contributed by atoms with Crippen LogP contribution in [0.15, 0.2) is 0 Å². The van der Waals surface area contributed by atoms with Crippen LogP contribution >= 0.6 is 0 Å². The molecule has 0 aliphatic carbocycles. The Hall–Kier alpha value is -1.35. The maximum Gasteiger partial charge on any atom is 3.00 e. The summed E-state index contributed by atoms with van der Waals surface area (Å²) in [6.07, 6.45) is 0. The van der Waals surface area contributed by atoms with Gasteiger partial charge >= 0.3 is 40.4 Å². The Balaban J connectivity index is -0.0000000250. The number of carboxylic acids is 5. The molecule has 10 nitrogen and oxygen atoms in total. The summed E-state index contributed by atoms with van der Waals surface area (Å²) in [5, 5.41) is 44.4. The molecule has 0 aliphatic heterocycles. The van der Waals surface area contributed by atoms with Crippen molar-refractivity contribution < 1.29 is 49.5 Å². The molecule has 120 valence electrons. The number of carbonyl (C=O) groups is 5. The van der Waals surface area contributed by atoms with Crippen LogP contribution < -0.4 is 25.5 Å². The average Bonchev–Trinajstić information content (AvgIpc) is 1.94. The number of carbonyl (C=O) groups excluding carboxylic acids is 5. The molecule has 0 spiro atoms. The van der Waals surface area contributed by atoms with E-state index >= 15 is 0 Å². The number of hydrogen-bond acceptors (Lipinski definition) is 10. The fourth-order valence-electron chi connectivity index (χ4n) is 0. The topological polar surface area (TPSA) is 201 Å². The molecule has 0 fully saturated rings. The first-order chi connectivity index (χ1) is 8.66. The van der Waals surface area contributed by atoms with Crippen LogP contribution in [0.5, 0.6) is 0 Å². The summed E-state index contributed by atoms with van der Waals surface area (Å²) >= 11 is 0. The molecule has 0 amide bonds. The largest absolute Gasteiger partial charge is 3.00 e. The van der Waals surface area contributed by atoms with Crippen molar-refractivity contribution >= 4 is 70.3 Å². The van der Waals surface area contributed by atoms with E-state index in [1.807, 2.05) is 0 Å². The van der Waals surface area contributed by atoms with Gasteiger partial charge in [-0.15, -0.1) is 0 Å². The van der Waals surface area contributed by atoms with E-state index in [-0.39, 0.29) is 40.4 Å². The minimum absolute atomic E-state index is 0. The van der Waals surface area contributed by atoms with Crippen LogP contribution in [0.25, 0.3) is 0 Å². The minimum Gasteiger partial charge on any atom is -0.550 e. The number of hydrogen-bond donors (Lipinski definition) is 0. The molecule has 12 heteroatoms. The molecule has 0 bridgehead atoms. The molecule has 22 heavy (non-hydrogen) atoms. The van der Waals surface area contributed by atoms with Crippen LogP contribution in [0.3, 0.4) is 0 Å². The average molecular weight is 347 g/mol. The van der Waals surface area contributed by atoms with Crippen molar-refractivity contribution in [1.29, 1.82) is 0 Å². The summed E-state index contributed by atoms with van der Waals surface area (Å²) < 4.78 is 0. The molecular weight excluding hydrogens is 331 g/mol. The second kappa shape index (κ2) is 36.7. The second-order valence-electron chi connectivity index (χ2n) is 2.46. The van der Waals surface area contributed by atoms with Crippen molar-refractivity contribution in [3.8, 4) is 0 Å². The quantitative estimate of drug-likeness (QED) is 0.379. The Morgan fingerprint density at radius 3 is 0.455 bits per heavy atom. The molecule has 0 atom stereocenters. The summed E-state index contributed by atoms with van der Waals surface area (Å²) in [5.74, 6) is -5.42. The molecule has 0 aromatic carbocycles. The molecule has 0 rings (SSSR count). The maximum atomic E-state index is 8.89. The monoisotopic (exact) mass is 346 g/mol.